The summed E-state index contributed by atoms with van der Waals surface area (Å²) in [4.78, 5) is 0. The van der Waals surface area contributed by atoms with E-state index in [-0.39, 0.29) is 17.6 Å². The van der Waals surface area contributed by atoms with Crippen molar-refractivity contribution in [3.8, 4) is 5.75 Å². The minimum atomic E-state index is -0.322. The molecule has 1 atom stereocenters. The van der Waals surface area contributed by atoms with Crippen molar-refractivity contribution in [3.63, 3.8) is 0 Å². The first-order chi connectivity index (χ1) is 8.60. The van der Waals surface area contributed by atoms with Crippen LogP contribution in [0.4, 0.5) is 4.39 Å². The van der Waals surface area contributed by atoms with Crippen LogP contribution in [0.5, 0.6) is 5.75 Å². The van der Waals surface area contributed by atoms with Gasteiger partial charge in [0.25, 0.3) is 0 Å². The normalized spacial score (nSPS) is 24.6. The van der Waals surface area contributed by atoms with Crippen LogP contribution >= 0.6 is 0 Å². The van der Waals surface area contributed by atoms with Crippen molar-refractivity contribution in [3.05, 3.63) is 29.6 Å². The monoisotopic (exact) mass is 253 g/mol. The lowest BCUT2D eigenvalue weighted by Gasteiger charge is -2.37. The molecule has 100 valence electrons. The second-order valence-electron chi connectivity index (χ2n) is 4.84. The smallest absolute Gasteiger partial charge is 0.123 e. The average Bonchev–Trinajstić information content (AvgIpc) is 2.29. The molecule has 4 heteroatoms. The third kappa shape index (κ3) is 3.00. The Labute approximate surface area is 107 Å². The average molecular weight is 253 g/mol. The first kappa shape index (κ1) is 13.3. The van der Waals surface area contributed by atoms with Crippen molar-refractivity contribution in [1.29, 1.82) is 0 Å². The molecule has 0 bridgehead atoms. The summed E-state index contributed by atoms with van der Waals surface area (Å²) in [6, 6.07) is 4.37. The van der Waals surface area contributed by atoms with Gasteiger partial charge in [0.2, 0.25) is 0 Å². The number of ether oxygens (including phenoxy) is 1. The molecule has 0 aromatic heterocycles. The number of rotatable bonds is 5. The molecule has 1 unspecified atom stereocenters. The standard InChI is InChI=1S/C14H20FNO2/c1-3-18-12-7-11(8-12)16-9(2)13-6-10(15)4-5-14(13)17/h4-6,9,11-12,16-17H,3,7-8H2,1-2H3. The lowest BCUT2D eigenvalue weighted by molar-refractivity contribution is -0.0120. The molecule has 1 aliphatic carbocycles. The van der Waals surface area contributed by atoms with E-state index in [4.69, 9.17) is 4.74 Å². The van der Waals surface area contributed by atoms with Crippen LogP contribution in [0, 0.1) is 5.82 Å². The number of benzene rings is 1. The third-order valence-corrected chi connectivity index (χ3v) is 3.44. The molecule has 1 aromatic rings. The maximum Gasteiger partial charge on any atom is 0.123 e. The molecule has 0 spiro atoms. The molecule has 1 aliphatic rings. The highest BCUT2D eigenvalue weighted by Gasteiger charge is 2.30. The van der Waals surface area contributed by atoms with Crippen LogP contribution in [-0.2, 0) is 4.74 Å². The molecule has 1 saturated carbocycles. The molecule has 2 rings (SSSR count). The molecule has 0 amide bonds. The number of aromatic hydroxyl groups is 1. The van der Waals surface area contributed by atoms with Crippen LogP contribution in [0.3, 0.4) is 0 Å². The predicted octanol–water partition coefficient (Wildman–Crippen LogP) is 2.75. The Morgan fingerprint density at radius 2 is 2.22 bits per heavy atom. The van der Waals surface area contributed by atoms with Crippen molar-refractivity contribution in [2.24, 2.45) is 0 Å². The number of hydrogen-bond donors (Lipinski definition) is 2. The summed E-state index contributed by atoms with van der Waals surface area (Å²) < 4.78 is 18.6. The summed E-state index contributed by atoms with van der Waals surface area (Å²) in [6.45, 7) is 4.67. The van der Waals surface area contributed by atoms with Gasteiger partial charge >= 0.3 is 0 Å². The van der Waals surface area contributed by atoms with Gasteiger partial charge in [-0.05, 0) is 44.9 Å². The summed E-state index contributed by atoms with van der Waals surface area (Å²) in [5.74, 6) is -0.186. The van der Waals surface area contributed by atoms with Gasteiger partial charge in [0.05, 0.1) is 6.10 Å². The SMILES string of the molecule is CCOC1CC(NC(C)c2cc(F)ccc2O)C1. The summed E-state index contributed by atoms with van der Waals surface area (Å²) in [5.41, 5.74) is 0.606. The molecule has 3 nitrogen and oxygen atoms in total. The zero-order valence-electron chi connectivity index (χ0n) is 10.8. The molecule has 2 N–H and O–H groups in total. The van der Waals surface area contributed by atoms with E-state index in [1.165, 1.54) is 18.2 Å². The van der Waals surface area contributed by atoms with Gasteiger partial charge in [0.15, 0.2) is 0 Å². The van der Waals surface area contributed by atoms with Gasteiger partial charge in [-0.1, -0.05) is 0 Å². The van der Waals surface area contributed by atoms with E-state index >= 15 is 0 Å². The Morgan fingerprint density at radius 3 is 2.89 bits per heavy atom. The molecule has 0 saturated heterocycles. The Hall–Kier alpha value is -1.13. The lowest BCUT2D eigenvalue weighted by Crippen LogP contribution is -2.46. The topological polar surface area (TPSA) is 41.5 Å². The first-order valence-electron chi connectivity index (χ1n) is 6.46. The van der Waals surface area contributed by atoms with E-state index in [0.29, 0.717) is 17.7 Å². The molecule has 1 fully saturated rings. The highest BCUT2D eigenvalue weighted by atomic mass is 19.1. The highest BCUT2D eigenvalue weighted by Crippen LogP contribution is 2.29. The van der Waals surface area contributed by atoms with Gasteiger partial charge in [-0.3, -0.25) is 0 Å². The zero-order chi connectivity index (χ0) is 13.1. The van der Waals surface area contributed by atoms with Gasteiger partial charge in [-0.25, -0.2) is 4.39 Å². The van der Waals surface area contributed by atoms with Crippen LogP contribution in [0.25, 0.3) is 0 Å². The number of phenols is 1. The minimum Gasteiger partial charge on any atom is -0.508 e. The number of nitrogens with one attached hydrogen (secondary N) is 1. The number of phenolic OH excluding ortho intramolecular Hbond substituents is 1. The van der Waals surface area contributed by atoms with Crippen LogP contribution < -0.4 is 5.32 Å². The molecular weight excluding hydrogens is 233 g/mol. The Bertz CT molecular complexity index is 405. The van der Waals surface area contributed by atoms with E-state index in [2.05, 4.69) is 5.32 Å². The predicted molar refractivity (Wildman–Crippen MR) is 68.1 cm³/mol. The van der Waals surface area contributed by atoms with E-state index in [9.17, 15) is 9.50 Å². The van der Waals surface area contributed by atoms with Crippen molar-refractivity contribution in [2.45, 2.75) is 44.9 Å². The van der Waals surface area contributed by atoms with Gasteiger partial charge in [-0.15, -0.1) is 0 Å². The van der Waals surface area contributed by atoms with Crippen LogP contribution in [-0.4, -0.2) is 23.9 Å². The van der Waals surface area contributed by atoms with Crippen LogP contribution in [0.1, 0.15) is 38.3 Å². The van der Waals surface area contributed by atoms with Gasteiger partial charge in [0, 0.05) is 24.3 Å². The van der Waals surface area contributed by atoms with Crippen LogP contribution in [0.15, 0.2) is 18.2 Å². The summed E-state index contributed by atoms with van der Waals surface area (Å²) >= 11 is 0. The Balaban J connectivity index is 1.89. The number of hydrogen-bond acceptors (Lipinski definition) is 3. The van der Waals surface area contributed by atoms with Gasteiger partial charge in [0.1, 0.15) is 11.6 Å². The van der Waals surface area contributed by atoms with Crippen molar-refractivity contribution < 1.29 is 14.2 Å². The largest absolute Gasteiger partial charge is 0.508 e. The fourth-order valence-electron chi connectivity index (χ4n) is 2.39. The quantitative estimate of drug-likeness (QED) is 0.847. The Morgan fingerprint density at radius 1 is 1.50 bits per heavy atom. The zero-order valence-corrected chi connectivity index (χ0v) is 10.8. The second kappa shape index (κ2) is 5.67. The van der Waals surface area contributed by atoms with Crippen molar-refractivity contribution in [1.82, 2.24) is 5.32 Å². The maximum atomic E-state index is 13.1. The Kier molecular flexibility index (Phi) is 4.19. The second-order valence-corrected chi connectivity index (χ2v) is 4.84. The fraction of sp³-hybridized carbons (Fsp3) is 0.571. The van der Waals surface area contributed by atoms with E-state index in [0.717, 1.165) is 19.4 Å². The van der Waals surface area contributed by atoms with E-state index in [1.807, 2.05) is 13.8 Å². The van der Waals surface area contributed by atoms with Gasteiger partial charge in [-0.2, -0.15) is 0 Å². The van der Waals surface area contributed by atoms with Crippen LogP contribution in [0.2, 0.25) is 0 Å². The van der Waals surface area contributed by atoms with E-state index < -0.39 is 0 Å². The first-order valence-corrected chi connectivity index (χ1v) is 6.46. The molecule has 0 heterocycles. The maximum absolute atomic E-state index is 13.1. The highest BCUT2D eigenvalue weighted by molar-refractivity contribution is 5.35. The van der Waals surface area contributed by atoms with E-state index in [1.54, 1.807) is 0 Å². The van der Waals surface area contributed by atoms with Crippen molar-refractivity contribution in [2.75, 3.05) is 6.61 Å². The summed E-state index contributed by atoms with van der Waals surface area (Å²) in [6.07, 6.45) is 2.31. The molecule has 1 aromatic carbocycles. The van der Waals surface area contributed by atoms with Crippen molar-refractivity contribution >= 4 is 0 Å². The van der Waals surface area contributed by atoms with Gasteiger partial charge < -0.3 is 15.2 Å². The summed E-state index contributed by atoms with van der Waals surface area (Å²) in [7, 11) is 0. The fourth-order valence-corrected chi connectivity index (χ4v) is 2.39. The molecule has 0 aliphatic heterocycles. The summed E-state index contributed by atoms with van der Waals surface area (Å²) in [5, 5.41) is 13.1. The molecule has 0 radical (unpaired) electrons. The molecular formula is C14H20FNO2. The molecule has 18 heavy (non-hydrogen) atoms. The lowest BCUT2D eigenvalue weighted by atomic mass is 9.88. The number of halogens is 1. The minimum absolute atomic E-state index is 0.0618. The third-order valence-electron chi connectivity index (χ3n) is 3.44.